The van der Waals surface area contributed by atoms with Crippen LogP contribution in [0.25, 0.3) is 0 Å². The second-order valence-electron chi connectivity index (χ2n) is 9.17. The molecule has 178 valence electrons. The van der Waals surface area contributed by atoms with Crippen LogP contribution in [0, 0.1) is 38.5 Å². The Morgan fingerprint density at radius 1 is 0.733 bits per heavy atom. The van der Waals surface area contributed by atoms with Gasteiger partial charge in [0.2, 0.25) is 0 Å². The van der Waals surface area contributed by atoms with E-state index in [1.165, 1.54) is 25.7 Å². The molecule has 3 nitrogen and oxygen atoms in total. The van der Waals surface area contributed by atoms with Crippen molar-refractivity contribution in [3.8, 4) is 0 Å². The van der Waals surface area contributed by atoms with E-state index in [2.05, 4.69) is 74.6 Å². The number of nitrogens with one attached hydrogen (secondary N) is 1. The standard InChI is InChI=1S/C12H23O.C7H15.C5H9NO.CH4.2Y/c1-5-11(13)9-7-6-8-10-12(2,3)4;1-5-6-7(2,3)4;1-3-5(7)6-4-2;;;/h1,5-10H2,2-4H3;1,5-6H2,2-4H3;1-4H2,(H,6,7);1H4;;/q2*-1;-2;;;. The van der Waals surface area contributed by atoms with Crippen LogP contribution in [0.4, 0.5) is 0 Å². The van der Waals surface area contributed by atoms with Crippen molar-refractivity contribution in [2.75, 3.05) is 6.54 Å². The van der Waals surface area contributed by atoms with E-state index in [4.69, 9.17) is 0 Å². The molecule has 0 saturated carbocycles. The summed E-state index contributed by atoms with van der Waals surface area (Å²) < 4.78 is 0. The van der Waals surface area contributed by atoms with Gasteiger partial charge in [-0.25, -0.2) is 0 Å². The van der Waals surface area contributed by atoms with Gasteiger partial charge in [-0.2, -0.15) is 6.42 Å². The van der Waals surface area contributed by atoms with Crippen LogP contribution < -0.4 is 5.32 Å². The molecule has 1 N–H and O–H groups in total. The average molecular weight is 576 g/mol. The van der Waals surface area contributed by atoms with Gasteiger partial charge in [0.25, 0.3) is 0 Å². The summed E-state index contributed by atoms with van der Waals surface area (Å²) in [5, 5.41) is 2.48. The monoisotopic (exact) mass is 575 g/mol. The van der Waals surface area contributed by atoms with Gasteiger partial charge < -0.3 is 37.8 Å². The zero-order valence-electron chi connectivity index (χ0n) is 20.4. The molecule has 0 unspecified atom stereocenters. The summed E-state index contributed by atoms with van der Waals surface area (Å²) in [5.41, 5.74) is 0.929. The zero-order valence-corrected chi connectivity index (χ0v) is 26.0. The van der Waals surface area contributed by atoms with Gasteiger partial charge in [-0.3, -0.25) is 4.79 Å². The van der Waals surface area contributed by atoms with Crippen molar-refractivity contribution in [1.82, 2.24) is 5.32 Å². The largest absolute Gasteiger partial charge is 0.388 e. The Morgan fingerprint density at radius 3 is 1.43 bits per heavy atom. The molecule has 0 bridgehead atoms. The van der Waals surface area contributed by atoms with Crippen LogP contribution in [-0.2, 0) is 75.0 Å². The van der Waals surface area contributed by atoms with Gasteiger partial charge in [-0.1, -0.05) is 68.2 Å². The van der Waals surface area contributed by atoms with Gasteiger partial charge in [0.05, 0.1) is 0 Å². The van der Waals surface area contributed by atoms with Gasteiger partial charge in [0, 0.05) is 71.8 Å². The summed E-state index contributed by atoms with van der Waals surface area (Å²) in [5.74, 6) is 0.255. The maximum atomic E-state index is 10.9. The van der Waals surface area contributed by atoms with E-state index in [-0.39, 0.29) is 78.8 Å². The van der Waals surface area contributed by atoms with E-state index in [1.54, 1.807) is 0 Å². The minimum Gasteiger partial charge on any atom is -0.388 e. The predicted molar refractivity (Wildman–Crippen MR) is 127 cm³/mol. The van der Waals surface area contributed by atoms with Gasteiger partial charge in [0.15, 0.2) is 5.91 Å². The first-order chi connectivity index (χ1) is 12.3. The Labute approximate surface area is 241 Å². The first-order valence-corrected chi connectivity index (χ1v) is 10.3. The number of Topliss-reactive ketones (excluding diaryl/α,β-unsaturated/α-hetero) is 1. The fourth-order valence-corrected chi connectivity index (χ4v) is 2.04. The van der Waals surface area contributed by atoms with Gasteiger partial charge >= 0.3 is 0 Å². The SMILES string of the molecule is C.[CH2-]CC(=O)CCCCCC(C)(C)C.[CH2-]CCC(C)(C)C.[CH2-]CNC(=O)C[CH2-].[Y].[Y]. The molecule has 0 aliphatic carbocycles. The van der Waals surface area contributed by atoms with Crippen LogP contribution in [0.15, 0.2) is 0 Å². The summed E-state index contributed by atoms with van der Waals surface area (Å²) in [6.45, 7) is 28.1. The molecule has 1 amide bonds. The maximum absolute atomic E-state index is 10.9. The molecular formula is C25H51NO2Y2-4. The van der Waals surface area contributed by atoms with Crippen LogP contribution in [0.5, 0.6) is 0 Å². The summed E-state index contributed by atoms with van der Waals surface area (Å²) in [6.07, 6.45) is 8.51. The van der Waals surface area contributed by atoms with Gasteiger partial charge in [0.1, 0.15) is 5.78 Å². The zero-order chi connectivity index (χ0) is 21.9. The smallest absolute Gasteiger partial charge is 0.187 e. The van der Waals surface area contributed by atoms with Gasteiger partial charge in [-0.05, 0) is 23.7 Å². The first kappa shape index (κ1) is 44.9. The number of carbonyl (C=O) groups excluding carboxylic acids is 2. The van der Waals surface area contributed by atoms with Crippen molar-refractivity contribution < 1.29 is 75.0 Å². The molecule has 0 atom stereocenters. The summed E-state index contributed by atoms with van der Waals surface area (Å²) in [6, 6.07) is 0. The molecule has 0 aromatic heterocycles. The van der Waals surface area contributed by atoms with E-state index in [0.717, 1.165) is 19.3 Å². The number of carbonyl (C=O) groups is 2. The van der Waals surface area contributed by atoms with Gasteiger partial charge in [-0.15, -0.1) is 19.4 Å². The van der Waals surface area contributed by atoms with Crippen molar-refractivity contribution >= 4 is 11.7 Å². The number of hydrogen-bond donors (Lipinski definition) is 1. The first-order valence-electron chi connectivity index (χ1n) is 10.3. The van der Waals surface area contributed by atoms with E-state index in [1.807, 2.05) is 0 Å². The fraction of sp³-hybridized carbons (Fsp3) is 0.760. The summed E-state index contributed by atoms with van der Waals surface area (Å²) in [7, 11) is 0. The van der Waals surface area contributed by atoms with Crippen molar-refractivity contribution in [1.29, 1.82) is 0 Å². The second-order valence-corrected chi connectivity index (χ2v) is 9.17. The number of unbranched alkanes of at least 4 members (excludes halogenated alkanes) is 2. The number of amides is 1. The molecule has 0 aromatic rings. The normalized spacial score (nSPS) is 9.80. The molecule has 0 aliphatic heterocycles. The maximum Gasteiger partial charge on any atom is 0.187 e. The number of rotatable bonds is 9. The van der Waals surface area contributed by atoms with Crippen molar-refractivity contribution in [2.45, 2.75) is 107 Å². The molecular weight excluding hydrogens is 524 g/mol. The number of hydrogen-bond acceptors (Lipinski definition) is 2. The Balaban J connectivity index is -0.0000000737. The minimum absolute atomic E-state index is 0. The van der Waals surface area contributed by atoms with E-state index >= 15 is 0 Å². The molecule has 2 radical (unpaired) electrons. The van der Waals surface area contributed by atoms with E-state index in [9.17, 15) is 9.59 Å². The van der Waals surface area contributed by atoms with Crippen LogP contribution in [0.2, 0.25) is 0 Å². The predicted octanol–water partition coefficient (Wildman–Crippen LogP) is 7.22. The fourth-order valence-electron chi connectivity index (χ4n) is 2.04. The molecule has 0 aromatic carbocycles. The average Bonchev–Trinajstić information content (AvgIpc) is 2.53. The van der Waals surface area contributed by atoms with Crippen LogP contribution >= 0.6 is 0 Å². The topological polar surface area (TPSA) is 46.2 Å². The third-order valence-electron chi connectivity index (χ3n) is 3.64. The molecule has 0 rings (SSSR count). The molecule has 5 heteroatoms. The summed E-state index contributed by atoms with van der Waals surface area (Å²) >= 11 is 0. The van der Waals surface area contributed by atoms with Crippen molar-refractivity contribution in [3.63, 3.8) is 0 Å². The Morgan fingerprint density at radius 2 is 1.20 bits per heavy atom. The Hall–Kier alpha value is 1.35. The second kappa shape index (κ2) is 28.4. The molecule has 0 saturated heterocycles. The summed E-state index contributed by atoms with van der Waals surface area (Å²) in [4.78, 5) is 21.1. The molecule has 0 fully saturated rings. The minimum atomic E-state index is -0.0463. The van der Waals surface area contributed by atoms with E-state index < -0.39 is 0 Å². The third kappa shape index (κ3) is 51.7. The Bertz CT molecular complexity index is 359. The third-order valence-corrected chi connectivity index (χ3v) is 3.64. The van der Waals surface area contributed by atoms with E-state index in [0.29, 0.717) is 36.0 Å². The Kier molecular flexibility index (Phi) is 42.5. The van der Waals surface area contributed by atoms with Crippen LogP contribution in [0.1, 0.15) is 107 Å². The molecule has 30 heavy (non-hydrogen) atoms. The molecule has 0 heterocycles. The number of ketones is 1. The van der Waals surface area contributed by atoms with Crippen LogP contribution in [-0.4, -0.2) is 18.2 Å². The van der Waals surface area contributed by atoms with Crippen molar-refractivity contribution in [2.24, 2.45) is 10.8 Å². The molecule has 0 spiro atoms. The quantitative estimate of drug-likeness (QED) is 0.233. The van der Waals surface area contributed by atoms with Crippen LogP contribution in [0.3, 0.4) is 0 Å². The van der Waals surface area contributed by atoms with Crippen molar-refractivity contribution in [3.05, 3.63) is 27.7 Å². The molecule has 0 aliphatic rings.